The van der Waals surface area contributed by atoms with Crippen molar-refractivity contribution in [3.8, 4) is 0 Å². The van der Waals surface area contributed by atoms with Gasteiger partial charge in [0.2, 0.25) is 5.91 Å². The van der Waals surface area contributed by atoms with Gasteiger partial charge in [0, 0.05) is 16.8 Å². The van der Waals surface area contributed by atoms with Crippen molar-refractivity contribution in [2.45, 2.75) is 51.7 Å². The van der Waals surface area contributed by atoms with Gasteiger partial charge in [-0.3, -0.25) is 19.3 Å². The fourth-order valence-corrected chi connectivity index (χ4v) is 5.04. The van der Waals surface area contributed by atoms with Crippen molar-refractivity contribution in [3.63, 3.8) is 0 Å². The van der Waals surface area contributed by atoms with Crippen LogP contribution in [0.5, 0.6) is 0 Å². The quantitative estimate of drug-likeness (QED) is 0.508. The molecule has 0 aliphatic carbocycles. The van der Waals surface area contributed by atoms with Gasteiger partial charge in [0.15, 0.2) is 11.5 Å². The molecule has 2 N–H and O–H groups in total. The minimum absolute atomic E-state index is 0.00862. The Balaban J connectivity index is 1.39. The Kier molecular flexibility index (Phi) is 7.80. The molecule has 1 aromatic carbocycles. The molecule has 0 spiro atoms. The number of thiophene rings is 1. The van der Waals surface area contributed by atoms with Gasteiger partial charge in [0.25, 0.3) is 5.91 Å². The number of para-hydroxylation sites is 1. The van der Waals surface area contributed by atoms with Gasteiger partial charge in [-0.15, -0.1) is 11.3 Å². The molecule has 0 saturated carbocycles. The molecule has 2 amide bonds. The number of carbonyl (C=O) groups excluding carboxylic acids is 3. The zero-order chi connectivity index (χ0) is 24.1. The summed E-state index contributed by atoms with van der Waals surface area (Å²) in [5.74, 6) is -0.417. The third-order valence-corrected chi connectivity index (χ3v) is 6.85. The molecule has 0 bridgehead atoms. The molecule has 34 heavy (non-hydrogen) atoms. The largest absolute Gasteiger partial charge is 0.451 e. The number of hydrogen-bond donors (Lipinski definition) is 2. The Hall–Kier alpha value is -2.97. The van der Waals surface area contributed by atoms with Gasteiger partial charge >= 0.3 is 0 Å². The van der Waals surface area contributed by atoms with Crippen LogP contribution in [0.3, 0.4) is 0 Å². The molecule has 1 aliphatic rings. The first-order valence-electron chi connectivity index (χ1n) is 11.8. The van der Waals surface area contributed by atoms with Gasteiger partial charge in [0.05, 0.1) is 12.6 Å². The van der Waals surface area contributed by atoms with Crippen LogP contribution in [0.1, 0.15) is 48.5 Å². The maximum atomic E-state index is 13.2. The number of amides is 2. The molecule has 2 aromatic heterocycles. The standard InChI is InChI=1S/C26H31N3O4S/c1-17(2)13-21(28-26(32)24-14-18-7-3-4-10-23(18)33-24)25(31)27-20-9-5-11-29(16-22(20)30)15-19-8-6-12-34-19/h3-4,6-8,10,12,14,17,20-21H,5,9,11,13,15-16H2,1-2H3,(H,27,31)(H,28,32)/t20?,21-/m0/s1. The number of rotatable bonds is 8. The highest BCUT2D eigenvalue weighted by Gasteiger charge is 2.30. The minimum atomic E-state index is -0.751. The molecular formula is C26H31N3O4S. The molecular weight excluding hydrogens is 450 g/mol. The number of carbonyl (C=O) groups is 3. The number of benzene rings is 1. The van der Waals surface area contributed by atoms with Crippen LogP contribution < -0.4 is 10.6 Å². The van der Waals surface area contributed by atoms with Crippen LogP contribution in [0.15, 0.2) is 52.3 Å². The molecule has 1 saturated heterocycles. The third-order valence-electron chi connectivity index (χ3n) is 5.99. The van der Waals surface area contributed by atoms with Crippen molar-refractivity contribution >= 4 is 39.9 Å². The number of hydrogen-bond acceptors (Lipinski definition) is 6. The summed E-state index contributed by atoms with van der Waals surface area (Å²) < 4.78 is 5.65. The van der Waals surface area contributed by atoms with E-state index in [0.29, 0.717) is 25.0 Å². The molecule has 0 radical (unpaired) electrons. The van der Waals surface area contributed by atoms with Crippen molar-refractivity contribution in [2.75, 3.05) is 13.1 Å². The van der Waals surface area contributed by atoms with Gasteiger partial charge < -0.3 is 15.1 Å². The normalized spacial score (nSPS) is 18.1. The van der Waals surface area contributed by atoms with Gasteiger partial charge in [-0.1, -0.05) is 38.1 Å². The van der Waals surface area contributed by atoms with E-state index in [1.165, 1.54) is 4.88 Å². The molecule has 7 nitrogen and oxygen atoms in total. The number of likely N-dealkylation sites (tertiary alicyclic amines) is 1. The van der Waals surface area contributed by atoms with Crippen LogP contribution >= 0.6 is 11.3 Å². The Morgan fingerprint density at radius 2 is 2.03 bits per heavy atom. The van der Waals surface area contributed by atoms with Gasteiger partial charge in [-0.25, -0.2) is 0 Å². The second-order valence-electron chi connectivity index (χ2n) is 9.26. The summed E-state index contributed by atoms with van der Waals surface area (Å²) in [6, 6.07) is 11.8. The zero-order valence-corrected chi connectivity index (χ0v) is 20.4. The summed E-state index contributed by atoms with van der Waals surface area (Å²) in [4.78, 5) is 42.3. The average molecular weight is 482 g/mol. The maximum Gasteiger partial charge on any atom is 0.287 e. The summed E-state index contributed by atoms with van der Waals surface area (Å²) in [5.41, 5.74) is 0.619. The molecule has 1 unspecified atom stereocenters. The van der Waals surface area contributed by atoms with E-state index < -0.39 is 18.0 Å². The van der Waals surface area contributed by atoms with Gasteiger partial charge in [0.1, 0.15) is 11.6 Å². The number of fused-ring (bicyclic) bond motifs is 1. The van der Waals surface area contributed by atoms with Gasteiger partial charge in [-0.2, -0.15) is 0 Å². The van der Waals surface area contributed by atoms with Crippen molar-refractivity contribution in [3.05, 3.63) is 58.5 Å². The lowest BCUT2D eigenvalue weighted by molar-refractivity contribution is -0.129. The number of ketones is 1. The monoisotopic (exact) mass is 481 g/mol. The predicted octanol–water partition coefficient (Wildman–Crippen LogP) is 3.99. The second-order valence-corrected chi connectivity index (χ2v) is 10.3. The topological polar surface area (TPSA) is 91.7 Å². The summed E-state index contributed by atoms with van der Waals surface area (Å²) in [6.45, 7) is 5.85. The number of furan rings is 1. The van der Waals surface area contributed by atoms with E-state index in [2.05, 4.69) is 21.6 Å². The fraction of sp³-hybridized carbons (Fsp3) is 0.423. The van der Waals surface area contributed by atoms with Crippen LogP contribution in [-0.2, 0) is 16.1 Å². The van der Waals surface area contributed by atoms with Crippen LogP contribution in [0.4, 0.5) is 0 Å². The Bertz CT molecular complexity index is 1110. The second kappa shape index (κ2) is 11.0. The molecule has 4 rings (SSSR count). The average Bonchev–Trinajstić information content (AvgIpc) is 3.43. The highest BCUT2D eigenvalue weighted by molar-refractivity contribution is 7.09. The first-order valence-corrected chi connectivity index (χ1v) is 12.6. The molecule has 2 atom stereocenters. The van der Waals surface area contributed by atoms with E-state index >= 15 is 0 Å². The Morgan fingerprint density at radius 1 is 1.21 bits per heavy atom. The summed E-state index contributed by atoms with van der Waals surface area (Å²) >= 11 is 1.68. The number of Topliss-reactive ketones (excluding diaryl/α,β-unsaturated/α-hetero) is 1. The summed E-state index contributed by atoms with van der Waals surface area (Å²) in [5, 5.41) is 8.60. The predicted molar refractivity (Wildman–Crippen MR) is 133 cm³/mol. The smallest absolute Gasteiger partial charge is 0.287 e. The van der Waals surface area contributed by atoms with E-state index in [9.17, 15) is 14.4 Å². The van der Waals surface area contributed by atoms with E-state index in [-0.39, 0.29) is 23.4 Å². The lowest BCUT2D eigenvalue weighted by atomic mass is 10.0. The van der Waals surface area contributed by atoms with Crippen LogP contribution in [0, 0.1) is 5.92 Å². The highest BCUT2D eigenvalue weighted by Crippen LogP contribution is 2.20. The fourth-order valence-electron chi connectivity index (χ4n) is 4.30. The van der Waals surface area contributed by atoms with Crippen LogP contribution in [-0.4, -0.2) is 47.7 Å². The van der Waals surface area contributed by atoms with Crippen LogP contribution in [0.2, 0.25) is 0 Å². The number of nitrogens with one attached hydrogen (secondary N) is 2. The zero-order valence-electron chi connectivity index (χ0n) is 19.6. The number of nitrogens with zero attached hydrogens (tertiary/aromatic N) is 1. The molecule has 1 aliphatic heterocycles. The van der Waals surface area contributed by atoms with E-state index in [4.69, 9.17) is 4.42 Å². The molecule has 180 valence electrons. The molecule has 3 aromatic rings. The Morgan fingerprint density at radius 3 is 2.76 bits per heavy atom. The van der Waals surface area contributed by atoms with Crippen molar-refractivity contribution < 1.29 is 18.8 Å². The first-order chi connectivity index (χ1) is 16.4. The van der Waals surface area contributed by atoms with Crippen molar-refractivity contribution in [1.29, 1.82) is 0 Å². The Labute approximate surface area is 203 Å². The van der Waals surface area contributed by atoms with E-state index in [1.807, 2.05) is 43.5 Å². The SMILES string of the molecule is CC(C)C[C@H](NC(=O)c1cc2ccccc2o1)C(=O)NC1CCCN(Cc2cccs2)CC1=O. The lowest BCUT2D eigenvalue weighted by Gasteiger charge is -2.23. The van der Waals surface area contributed by atoms with Crippen LogP contribution in [0.25, 0.3) is 11.0 Å². The molecule has 8 heteroatoms. The highest BCUT2D eigenvalue weighted by atomic mass is 32.1. The molecule has 1 fully saturated rings. The summed E-state index contributed by atoms with van der Waals surface area (Å²) in [7, 11) is 0. The van der Waals surface area contributed by atoms with E-state index in [0.717, 1.165) is 24.9 Å². The third kappa shape index (κ3) is 6.12. The minimum Gasteiger partial charge on any atom is -0.451 e. The summed E-state index contributed by atoms with van der Waals surface area (Å²) in [6.07, 6.45) is 1.88. The first kappa shape index (κ1) is 24.2. The lowest BCUT2D eigenvalue weighted by Crippen LogP contribution is -2.52. The van der Waals surface area contributed by atoms with Gasteiger partial charge in [-0.05, 0) is 55.3 Å². The van der Waals surface area contributed by atoms with Crippen molar-refractivity contribution in [2.24, 2.45) is 5.92 Å². The van der Waals surface area contributed by atoms with E-state index in [1.54, 1.807) is 23.5 Å². The maximum absolute atomic E-state index is 13.2. The molecule has 3 heterocycles. The van der Waals surface area contributed by atoms with Crippen molar-refractivity contribution in [1.82, 2.24) is 15.5 Å².